The average Bonchev–Trinajstić information content (AvgIpc) is 2.90. The lowest BCUT2D eigenvalue weighted by molar-refractivity contribution is -0.132. The summed E-state index contributed by atoms with van der Waals surface area (Å²) in [6.07, 6.45) is 5.61. The monoisotopic (exact) mass is 406 g/mol. The molecule has 1 aromatic heterocycles. The largest absolute Gasteiger partial charge is 0.498 e. The summed E-state index contributed by atoms with van der Waals surface area (Å²) in [4.78, 5) is 20.7. The Kier molecular flexibility index (Phi) is 6.47. The van der Waals surface area contributed by atoms with Gasteiger partial charge < -0.3 is 30.2 Å². The first kappa shape index (κ1) is 22.0. The molecule has 0 bridgehead atoms. The Labute approximate surface area is 171 Å². The van der Waals surface area contributed by atoms with Gasteiger partial charge >= 0.3 is 7.12 Å². The number of nitrogens with zero attached hydrogens (tertiary/aromatic N) is 2. The van der Waals surface area contributed by atoms with Crippen molar-refractivity contribution < 1.29 is 24.3 Å². The van der Waals surface area contributed by atoms with E-state index >= 15 is 0 Å². The van der Waals surface area contributed by atoms with Crippen LogP contribution >= 0.6 is 0 Å². The number of aliphatic hydroxyl groups is 2. The van der Waals surface area contributed by atoms with Crippen molar-refractivity contribution in [2.75, 3.05) is 11.9 Å². The Bertz CT molecular complexity index is 699. The molecule has 3 rings (SSSR count). The number of carbonyl (C=O) groups excluding carboxylic acids is 1. The molecule has 1 aliphatic carbocycles. The standard InChI is InChI=1S/C19H31BN4O5/c1-18(2)19(3,4)29-20(28-18)12-9-21-17(22-10-12)24-14-8-6-5-7-13(14)23-16(27)15(26)11-25/h9-10,13-15,25-26H,5-8,11H2,1-4H3,(H,23,27)(H,21,22,24). The lowest BCUT2D eigenvalue weighted by Crippen LogP contribution is -2.52. The maximum absolute atomic E-state index is 11.9. The van der Waals surface area contributed by atoms with Crippen LogP contribution in [0.25, 0.3) is 0 Å². The molecule has 2 aliphatic rings. The minimum atomic E-state index is -1.41. The summed E-state index contributed by atoms with van der Waals surface area (Å²) in [5.74, 6) is -0.109. The summed E-state index contributed by atoms with van der Waals surface area (Å²) in [7, 11) is -0.518. The number of amides is 1. The molecule has 1 aromatic rings. The van der Waals surface area contributed by atoms with E-state index in [0.29, 0.717) is 5.95 Å². The summed E-state index contributed by atoms with van der Waals surface area (Å²) in [6.45, 7) is 7.38. The molecule has 1 aliphatic heterocycles. The van der Waals surface area contributed by atoms with Crippen LogP contribution in [0.5, 0.6) is 0 Å². The average molecular weight is 406 g/mol. The van der Waals surface area contributed by atoms with Crippen LogP contribution in [0.15, 0.2) is 12.4 Å². The van der Waals surface area contributed by atoms with Gasteiger partial charge in [0.15, 0.2) is 6.10 Å². The second-order valence-electron chi connectivity index (χ2n) is 8.78. The third-order valence-corrected chi connectivity index (χ3v) is 6.08. The van der Waals surface area contributed by atoms with E-state index in [1.165, 1.54) is 0 Å². The number of hydrogen-bond acceptors (Lipinski definition) is 8. The lowest BCUT2D eigenvalue weighted by atomic mass is 9.81. The Hall–Kier alpha value is -1.75. The van der Waals surface area contributed by atoms with Crippen LogP contribution in [0.3, 0.4) is 0 Å². The topological polar surface area (TPSA) is 126 Å². The quantitative estimate of drug-likeness (QED) is 0.486. The highest BCUT2D eigenvalue weighted by Gasteiger charge is 2.52. The first-order valence-corrected chi connectivity index (χ1v) is 10.2. The van der Waals surface area contributed by atoms with E-state index in [4.69, 9.17) is 14.4 Å². The second kappa shape index (κ2) is 8.55. The van der Waals surface area contributed by atoms with Gasteiger partial charge in [-0.15, -0.1) is 0 Å². The normalized spacial score (nSPS) is 26.8. The lowest BCUT2D eigenvalue weighted by Gasteiger charge is -2.33. The fraction of sp³-hybridized carbons (Fsp3) is 0.737. The summed E-state index contributed by atoms with van der Waals surface area (Å²) < 4.78 is 12.0. The minimum Gasteiger partial charge on any atom is -0.399 e. The van der Waals surface area contributed by atoms with E-state index in [9.17, 15) is 9.90 Å². The first-order valence-electron chi connectivity index (χ1n) is 10.2. The van der Waals surface area contributed by atoms with Gasteiger partial charge in [-0.3, -0.25) is 4.79 Å². The number of aromatic nitrogens is 2. The molecule has 3 unspecified atom stereocenters. The molecule has 1 saturated carbocycles. The van der Waals surface area contributed by atoms with Crippen LogP contribution in [0.1, 0.15) is 53.4 Å². The van der Waals surface area contributed by atoms with Gasteiger partial charge in [-0.05, 0) is 40.5 Å². The van der Waals surface area contributed by atoms with E-state index in [1.807, 2.05) is 27.7 Å². The SMILES string of the molecule is CC1(C)OB(c2cnc(NC3CCCCC3NC(=O)C(O)CO)nc2)OC1(C)C. The van der Waals surface area contributed by atoms with Gasteiger partial charge in [0.05, 0.1) is 17.8 Å². The van der Waals surface area contributed by atoms with Crippen LogP contribution in [-0.4, -0.2) is 69.2 Å². The van der Waals surface area contributed by atoms with Crippen molar-refractivity contribution in [1.82, 2.24) is 15.3 Å². The number of anilines is 1. The van der Waals surface area contributed by atoms with Crippen LogP contribution in [0, 0.1) is 0 Å². The Morgan fingerprint density at radius 2 is 1.72 bits per heavy atom. The molecule has 29 heavy (non-hydrogen) atoms. The number of hydrogen-bond donors (Lipinski definition) is 4. The maximum atomic E-state index is 11.9. The van der Waals surface area contributed by atoms with Crippen LogP contribution in [-0.2, 0) is 14.1 Å². The third-order valence-electron chi connectivity index (χ3n) is 6.08. The highest BCUT2D eigenvalue weighted by molar-refractivity contribution is 6.61. The van der Waals surface area contributed by atoms with Gasteiger partial charge in [0.1, 0.15) is 0 Å². The maximum Gasteiger partial charge on any atom is 0.498 e. The van der Waals surface area contributed by atoms with E-state index in [-0.39, 0.29) is 12.1 Å². The van der Waals surface area contributed by atoms with Crippen molar-refractivity contribution in [2.24, 2.45) is 0 Å². The third kappa shape index (κ3) is 4.88. The zero-order valence-electron chi connectivity index (χ0n) is 17.5. The Morgan fingerprint density at radius 1 is 1.17 bits per heavy atom. The zero-order chi connectivity index (χ0) is 21.2. The van der Waals surface area contributed by atoms with Crippen LogP contribution in [0.4, 0.5) is 5.95 Å². The molecule has 4 N–H and O–H groups in total. The van der Waals surface area contributed by atoms with Gasteiger partial charge in [-0.25, -0.2) is 9.97 Å². The summed E-state index contributed by atoms with van der Waals surface area (Å²) in [5, 5.41) is 24.5. The molecular weight excluding hydrogens is 375 g/mol. The van der Waals surface area contributed by atoms with Crippen molar-refractivity contribution in [3.05, 3.63) is 12.4 Å². The van der Waals surface area contributed by atoms with Gasteiger partial charge in [0.25, 0.3) is 5.91 Å². The van der Waals surface area contributed by atoms with Crippen molar-refractivity contribution in [2.45, 2.75) is 82.8 Å². The zero-order valence-corrected chi connectivity index (χ0v) is 17.5. The predicted molar refractivity (Wildman–Crippen MR) is 109 cm³/mol. The molecule has 1 amide bonds. The van der Waals surface area contributed by atoms with E-state index in [0.717, 1.165) is 31.1 Å². The van der Waals surface area contributed by atoms with E-state index in [2.05, 4.69) is 20.6 Å². The molecule has 0 aromatic carbocycles. The smallest absolute Gasteiger partial charge is 0.399 e. The second-order valence-corrected chi connectivity index (χ2v) is 8.78. The molecule has 1 saturated heterocycles. The summed E-state index contributed by atoms with van der Waals surface area (Å²) in [6, 6.07) is -0.217. The summed E-state index contributed by atoms with van der Waals surface area (Å²) >= 11 is 0. The van der Waals surface area contributed by atoms with Gasteiger partial charge in [0.2, 0.25) is 5.95 Å². The fourth-order valence-electron chi connectivity index (χ4n) is 3.52. The summed E-state index contributed by atoms with van der Waals surface area (Å²) in [5.41, 5.74) is -0.114. The van der Waals surface area contributed by atoms with Crippen LogP contribution < -0.4 is 16.1 Å². The van der Waals surface area contributed by atoms with Crippen molar-refractivity contribution in [3.63, 3.8) is 0 Å². The Balaban J connectivity index is 1.63. The predicted octanol–water partition coefficient (Wildman–Crippen LogP) is -0.0317. The number of rotatable bonds is 6. The minimum absolute atomic E-state index is 0.0544. The molecule has 160 valence electrons. The number of carbonyl (C=O) groups is 1. The highest BCUT2D eigenvalue weighted by atomic mass is 16.7. The van der Waals surface area contributed by atoms with Crippen LogP contribution in [0.2, 0.25) is 0 Å². The molecule has 2 heterocycles. The first-order chi connectivity index (χ1) is 13.6. The van der Waals surface area contributed by atoms with Gasteiger partial charge in [-0.1, -0.05) is 12.8 Å². The fourth-order valence-corrected chi connectivity index (χ4v) is 3.52. The number of aliphatic hydroxyl groups excluding tert-OH is 2. The molecule has 0 radical (unpaired) electrons. The molecule has 10 heteroatoms. The highest BCUT2D eigenvalue weighted by Crippen LogP contribution is 2.36. The van der Waals surface area contributed by atoms with Gasteiger partial charge in [-0.2, -0.15) is 0 Å². The molecular formula is C19H31BN4O5. The van der Waals surface area contributed by atoms with Crippen molar-refractivity contribution in [1.29, 1.82) is 0 Å². The molecule has 2 fully saturated rings. The molecule has 9 nitrogen and oxygen atoms in total. The molecule has 0 spiro atoms. The van der Waals surface area contributed by atoms with Crippen molar-refractivity contribution in [3.8, 4) is 0 Å². The Morgan fingerprint density at radius 3 is 2.28 bits per heavy atom. The van der Waals surface area contributed by atoms with Gasteiger partial charge in [0, 0.05) is 29.9 Å². The van der Waals surface area contributed by atoms with E-state index < -0.39 is 36.9 Å². The van der Waals surface area contributed by atoms with E-state index in [1.54, 1.807) is 12.4 Å². The number of nitrogens with one attached hydrogen (secondary N) is 2. The van der Waals surface area contributed by atoms with Crippen molar-refractivity contribution >= 4 is 24.4 Å². The molecule has 3 atom stereocenters.